The molecule has 0 saturated carbocycles. The zero-order valence-corrected chi connectivity index (χ0v) is 18.1. The quantitative estimate of drug-likeness (QED) is 0.332. The van der Waals surface area contributed by atoms with Gasteiger partial charge in [0.2, 0.25) is 5.88 Å². The highest BCUT2D eigenvalue weighted by Gasteiger charge is 2.13. The normalized spacial score (nSPS) is 10.8. The second kappa shape index (κ2) is 8.61. The summed E-state index contributed by atoms with van der Waals surface area (Å²) in [4.78, 5) is 12.9. The molecule has 2 heterocycles. The lowest BCUT2D eigenvalue weighted by Gasteiger charge is -2.11. The average molecular weight is 438 g/mol. The first-order valence-electron chi connectivity index (χ1n) is 10.1. The van der Waals surface area contributed by atoms with Crippen LogP contribution in [0.1, 0.15) is 15.2 Å². The molecule has 6 heteroatoms. The van der Waals surface area contributed by atoms with Crippen molar-refractivity contribution in [1.29, 1.82) is 0 Å². The highest BCUT2D eigenvalue weighted by Crippen LogP contribution is 2.33. The molecular formula is C26H19N3O2S. The monoisotopic (exact) mass is 437 g/mol. The molecule has 5 rings (SSSR count). The van der Waals surface area contributed by atoms with Crippen LogP contribution in [0.5, 0.6) is 11.6 Å². The van der Waals surface area contributed by atoms with Crippen molar-refractivity contribution in [2.24, 2.45) is 0 Å². The minimum Gasteiger partial charge on any atom is -0.437 e. The number of nitrogens with one attached hydrogen (secondary N) is 1. The number of nitrogens with zero attached hydrogens (tertiary/aromatic N) is 2. The first kappa shape index (κ1) is 19.9. The predicted molar refractivity (Wildman–Crippen MR) is 128 cm³/mol. The fourth-order valence-corrected chi connectivity index (χ4v) is 4.02. The number of carbonyl (C=O) groups is 1. The Morgan fingerprint density at radius 1 is 0.844 bits per heavy atom. The van der Waals surface area contributed by atoms with Crippen molar-refractivity contribution in [2.45, 2.75) is 6.92 Å². The van der Waals surface area contributed by atoms with Gasteiger partial charge in [0.15, 0.2) is 0 Å². The summed E-state index contributed by atoms with van der Waals surface area (Å²) in [7, 11) is 0. The van der Waals surface area contributed by atoms with Crippen LogP contribution in [-0.2, 0) is 0 Å². The molecule has 1 amide bonds. The standard InChI is InChI=1S/C26H19N3O2S/c1-17-8-10-18(11-9-17)24-21-5-2-3-6-22(21)26(29-28-24)31-20-14-12-19(13-15-20)27-25(30)23-7-4-16-32-23/h2-16H,1H3,(H,27,30). The average Bonchev–Trinajstić information content (AvgIpc) is 3.37. The van der Waals surface area contributed by atoms with Gasteiger partial charge in [-0.2, -0.15) is 0 Å². The molecule has 0 spiro atoms. The van der Waals surface area contributed by atoms with Crippen LogP contribution >= 0.6 is 11.3 Å². The van der Waals surface area contributed by atoms with Crippen LogP contribution in [0, 0.1) is 6.92 Å². The summed E-state index contributed by atoms with van der Waals surface area (Å²) in [5.41, 5.74) is 3.72. The number of hydrogen-bond donors (Lipinski definition) is 1. The highest BCUT2D eigenvalue weighted by atomic mass is 32.1. The molecule has 3 aromatic carbocycles. The molecule has 0 unspecified atom stereocenters. The lowest BCUT2D eigenvalue weighted by Crippen LogP contribution is -2.09. The summed E-state index contributed by atoms with van der Waals surface area (Å²) in [6, 6.07) is 27.0. The van der Waals surface area contributed by atoms with Gasteiger partial charge in [-0.15, -0.1) is 21.5 Å². The van der Waals surface area contributed by atoms with E-state index in [-0.39, 0.29) is 5.91 Å². The van der Waals surface area contributed by atoms with E-state index >= 15 is 0 Å². The Bertz CT molecular complexity index is 1380. The molecule has 0 fully saturated rings. The van der Waals surface area contributed by atoms with Crippen molar-refractivity contribution in [3.63, 3.8) is 0 Å². The van der Waals surface area contributed by atoms with Crippen LogP contribution < -0.4 is 10.1 Å². The molecule has 0 radical (unpaired) electrons. The Kier molecular flexibility index (Phi) is 5.35. The number of aryl methyl sites for hydroxylation is 1. The fraction of sp³-hybridized carbons (Fsp3) is 0.0385. The zero-order chi connectivity index (χ0) is 21.9. The van der Waals surface area contributed by atoms with Crippen LogP contribution in [-0.4, -0.2) is 16.1 Å². The van der Waals surface area contributed by atoms with Gasteiger partial charge in [0.25, 0.3) is 5.91 Å². The number of rotatable bonds is 5. The second-order valence-corrected chi connectivity index (χ2v) is 8.27. The van der Waals surface area contributed by atoms with Gasteiger partial charge in [-0.05, 0) is 48.7 Å². The molecule has 0 atom stereocenters. The van der Waals surface area contributed by atoms with E-state index in [2.05, 4.69) is 46.7 Å². The lowest BCUT2D eigenvalue weighted by atomic mass is 10.0. The molecule has 2 aromatic heterocycles. The van der Waals surface area contributed by atoms with Gasteiger partial charge in [0.05, 0.1) is 4.88 Å². The fourth-order valence-electron chi connectivity index (χ4n) is 3.40. The lowest BCUT2D eigenvalue weighted by molar-refractivity contribution is 0.103. The number of aromatic nitrogens is 2. The first-order chi connectivity index (χ1) is 15.7. The topological polar surface area (TPSA) is 64.1 Å². The largest absolute Gasteiger partial charge is 0.437 e. The highest BCUT2D eigenvalue weighted by molar-refractivity contribution is 7.12. The van der Waals surface area contributed by atoms with Gasteiger partial charge in [-0.3, -0.25) is 4.79 Å². The molecule has 32 heavy (non-hydrogen) atoms. The Balaban J connectivity index is 1.40. The molecular weight excluding hydrogens is 418 g/mol. The van der Waals surface area contributed by atoms with E-state index < -0.39 is 0 Å². The zero-order valence-electron chi connectivity index (χ0n) is 17.3. The van der Waals surface area contributed by atoms with Crippen molar-refractivity contribution in [2.75, 3.05) is 5.32 Å². The number of carbonyl (C=O) groups excluding carboxylic acids is 1. The summed E-state index contributed by atoms with van der Waals surface area (Å²) in [5, 5.41) is 15.4. The van der Waals surface area contributed by atoms with Gasteiger partial charge < -0.3 is 10.1 Å². The van der Waals surface area contributed by atoms with Crippen molar-refractivity contribution in [3.05, 3.63) is 101 Å². The minimum atomic E-state index is -0.128. The maximum Gasteiger partial charge on any atom is 0.265 e. The Morgan fingerprint density at radius 2 is 1.59 bits per heavy atom. The minimum absolute atomic E-state index is 0.128. The maximum atomic E-state index is 12.2. The Hall–Kier alpha value is -4.03. The third-order valence-corrected chi connectivity index (χ3v) is 5.92. The second-order valence-electron chi connectivity index (χ2n) is 7.32. The molecule has 5 aromatic rings. The van der Waals surface area contributed by atoms with Gasteiger partial charge in [0, 0.05) is 22.0 Å². The number of anilines is 1. The van der Waals surface area contributed by atoms with Crippen molar-refractivity contribution in [3.8, 4) is 22.9 Å². The van der Waals surface area contributed by atoms with E-state index in [1.54, 1.807) is 30.3 Å². The van der Waals surface area contributed by atoms with Gasteiger partial charge in [-0.25, -0.2) is 0 Å². The smallest absolute Gasteiger partial charge is 0.265 e. The molecule has 0 aliphatic rings. The van der Waals surface area contributed by atoms with Crippen LogP contribution in [0.4, 0.5) is 5.69 Å². The van der Waals surface area contributed by atoms with E-state index in [0.717, 1.165) is 22.0 Å². The number of amides is 1. The summed E-state index contributed by atoms with van der Waals surface area (Å²) in [6.07, 6.45) is 0. The number of ether oxygens (including phenoxy) is 1. The third kappa shape index (κ3) is 4.08. The van der Waals surface area contributed by atoms with Crippen LogP contribution in [0.2, 0.25) is 0 Å². The van der Waals surface area contributed by atoms with Gasteiger partial charge >= 0.3 is 0 Å². The molecule has 0 aliphatic heterocycles. The molecule has 1 N–H and O–H groups in total. The van der Waals surface area contributed by atoms with Crippen molar-refractivity contribution in [1.82, 2.24) is 10.2 Å². The number of thiophene rings is 1. The van der Waals surface area contributed by atoms with Crippen LogP contribution in [0.25, 0.3) is 22.0 Å². The number of benzene rings is 3. The predicted octanol–water partition coefficient (Wildman–Crippen LogP) is 6.71. The molecule has 0 saturated heterocycles. The summed E-state index contributed by atoms with van der Waals surface area (Å²) >= 11 is 1.40. The third-order valence-electron chi connectivity index (χ3n) is 5.05. The van der Waals surface area contributed by atoms with Crippen molar-refractivity contribution < 1.29 is 9.53 Å². The molecule has 0 aliphatic carbocycles. The summed E-state index contributed by atoms with van der Waals surface area (Å²) in [6.45, 7) is 2.06. The van der Waals surface area contributed by atoms with Crippen LogP contribution in [0.15, 0.2) is 90.3 Å². The SMILES string of the molecule is Cc1ccc(-c2nnc(Oc3ccc(NC(=O)c4cccs4)cc3)c3ccccc23)cc1. The number of hydrogen-bond acceptors (Lipinski definition) is 5. The number of fused-ring (bicyclic) bond motifs is 1. The van der Waals surface area contributed by atoms with E-state index in [9.17, 15) is 4.79 Å². The van der Waals surface area contributed by atoms with Gasteiger partial charge in [-0.1, -0.05) is 54.1 Å². The molecule has 156 valence electrons. The first-order valence-corrected chi connectivity index (χ1v) is 11.0. The molecule has 0 bridgehead atoms. The van der Waals surface area contributed by atoms with E-state index in [1.165, 1.54) is 16.9 Å². The Labute approximate surface area is 189 Å². The Morgan fingerprint density at radius 3 is 2.31 bits per heavy atom. The van der Waals surface area contributed by atoms with Gasteiger partial charge in [0.1, 0.15) is 11.4 Å². The van der Waals surface area contributed by atoms with E-state index in [1.807, 2.05) is 35.7 Å². The van der Waals surface area contributed by atoms with Crippen molar-refractivity contribution >= 4 is 33.7 Å². The summed E-state index contributed by atoms with van der Waals surface area (Å²) < 4.78 is 6.05. The van der Waals surface area contributed by atoms with Crippen LogP contribution in [0.3, 0.4) is 0 Å². The maximum absolute atomic E-state index is 12.2. The van der Waals surface area contributed by atoms with E-state index in [0.29, 0.717) is 22.2 Å². The van der Waals surface area contributed by atoms with E-state index in [4.69, 9.17) is 4.74 Å². The summed E-state index contributed by atoms with van der Waals surface area (Å²) in [5.74, 6) is 0.922. The molecule has 5 nitrogen and oxygen atoms in total.